The van der Waals surface area contributed by atoms with Crippen molar-refractivity contribution in [3.63, 3.8) is 0 Å². The van der Waals surface area contributed by atoms with Crippen LogP contribution in [0.25, 0.3) is 9.81 Å². The van der Waals surface area contributed by atoms with Gasteiger partial charge in [0.2, 0.25) is 0 Å². The van der Waals surface area contributed by atoms with Crippen LogP contribution in [0, 0.1) is 0 Å². The molecule has 0 aliphatic heterocycles. The molecular weight excluding hydrogens is 304 g/mol. The first kappa shape index (κ1) is 17.2. The maximum Gasteiger partial charge on any atom is 0.0253 e. The van der Waals surface area contributed by atoms with E-state index in [2.05, 4.69) is 101 Å². The summed E-state index contributed by atoms with van der Waals surface area (Å²) in [5.74, 6) is 1.08. The van der Waals surface area contributed by atoms with Crippen LogP contribution in [0.2, 0.25) is 0 Å². The predicted octanol–water partition coefficient (Wildman–Crippen LogP) is 6.62. The monoisotopic (exact) mass is 328 g/mol. The standard InChI is InChI=1S/C20H24S2/c1-13(2)15-5-9-17(10-6-15)19(21)20(22)18-11-7-16(8-12-18)14(3)4/h5-14,21-22H,1-4H3/b20-19-. The van der Waals surface area contributed by atoms with Crippen LogP contribution in [-0.2, 0) is 0 Å². The van der Waals surface area contributed by atoms with E-state index in [1.807, 2.05) is 0 Å². The fourth-order valence-electron chi connectivity index (χ4n) is 2.33. The van der Waals surface area contributed by atoms with Gasteiger partial charge in [0.1, 0.15) is 0 Å². The van der Waals surface area contributed by atoms with E-state index >= 15 is 0 Å². The number of thiol groups is 2. The Morgan fingerprint density at radius 3 is 1.09 bits per heavy atom. The molecule has 0 aromatic heterocycles. The van der Waals surface area contributed by atoms with Crippen LogP contribution < -0.4 is 0 Å². The van der Waals surface area contributed by atoms with Crippen molar-refractivity contribution in [2.45, 2.75) is 39.5 Å². The molecular formula is C20H24S2. The summed E-state index contributed by atoms with van der Waals surface area (Å²) in [5.41, 5.74) is 4.88. The van der Waals surface area contributed by atoms with E-state index in [1.165, 1.54) is 11.1 Å². The zero-order chi connectivity index (χ0) is 16.3. The maximum atomic E-state index is 4.68. The summed E-state index contributed by atoms with van der Waals surface area (Å²) < 4.78 is 0. The number of benzene rings is 2. The third-order valence-corrected chi connectivity index (χ3v) is 5.07. The fraction of sp³-hybridized carbons (Fsp3) is 0.300. The molecule has 2 aromatic carbocycles. The molecule has 0 aliphatic carbocycles. The van der Waals surface area contributed by atoms with E-state index in [0.29, 0.717) is 11.8 Å². The molecule has 0 atom stereocenters. The highest BCUT2D eigenvalue weighted by Gasteiger charge is 2.07. The van der Waals surface area contributed by atoms with Crippen molar-refractivity contribution in [1.82, 2.24) is 0 Å². The van der Waals surface area contributed by atoms with Crippen molar-refractivity contribution >= 4 is 35.1 Å². The lowest BCUT2D eigenvalue weighted by atomic mass is 10.00. The number of rotatable bonds is 4. The Bertz CT molecular complexity index is 588. The summed E-state index contributed by atoms with van der Waals surface area (Å²) in [5, 5.41) is 0. The second kappa shape index (κ2) is 7.43. The van der Waals surface area contributed by atoms with Gasteiger partial charge >= 0.3 is 0 Å². The van der Waals surface area contributed by atoms with Crippen LogP contribution in [0.3, 0.4) is 0 Å². The molecule has 0 fully saturated rings. The van der Waals surface area contributed by atoms with Crippen molar-refractivity contribution in [2.24, 2.45) is 0 Å². The lowest BCUT2D eigenvalue weighted by Gasteiger charge is -2.11. The van der Waals surface area contributed by atoms with E-state index < -0.39 is 0 Å². The van der Waals surface area contributed by atoms with Gasteiger partial charge in [-0.1, -0.05) is 76.2 Å². The highest BCUT2D eigenvalue weighted by Crippen LogP contribution is 2.33. The second-order valence-electron chi connectivity index (χ2n) is 6.25. The molecule has 2 aromatic rings. The third kappa shape index (κ3) is 3.99. The molecule has 0 amide bonds. The zero-order valence-electron chi connectivity index (χ0n) is 13.7. The molecule has 2 heteroatoms. The van der Waals surface area contributed by atoms with Gasteiger partial charge in [-0.15, -0.1) is 25.3 Å². The first-order valence-corrected chi connectivity index (χ1v) is 8.62. The Kier molecular flexibility index (Phi) is 5.82. The van der Waals surface area contributed by atoms with Gasteiger partial charge in [0, 0.05) is 9.81 Å². The molecule has 0 radical (unpaired) electrons. The molecule has 0 aliphatic rings. The Labute approximate surface area is 145 Å². The summed E-state index contributed by atoms with van der Waals surface area (Å²) in [6.07, 6.45) is 0. The summed E-state index contributed by atoms with van der Waals surface area (Å²) in [6, 6.07) is 17.1. The fourth-order valence-corrected chi connectivity index (χ4v) is 2.88. The SMILES string of the molecule is CC(C)c1ccc(/C(S)=C(/S)c2ccc(C(C)C)cc2)cc1. The van der Waals surface area contributed by atoms with Crippen LogP contribution in [0.5, 0.6) is 0 Å². The van der Waals surface area contributed by atoms with E-state index in [-0.39, 0.29) is 0 Å². The Morgan fingerprint density at radius 2 is 0.864 bits per heavy atom. The molecule has 0 spiro atoms. The van der Waals surface area contributed by atoms with Gasteiger partial charge in [-0.2, -0.15) is 0 Å². The quantitative estimate of drug-likeness (QED) is 0.457. The smallest absolute Gasteiger partial charge is 0.0253 e. The average molecular weight is 329 g/mol. The second-order valence-corrected chi connectivity index (χ2v) is 7.15. The highest BCUT2D eigenvalue weighted by atomic mass is 32.1. The maximum absolute atomic E-state index is 4.68. The molecule has 0 bridgehead atoms. The number of hydrogen-bond donors (Lipinski definition) is 2. The van der Waals surface area contributed by atoms with Crippen LogP contribution >= 0.6 is 25.3 Å². The van der Waals surface area contributed by atoms with Crippen molar-refractivity contribution in [2.75, 3.05) is 0 Å². The van der Waals surface area contributed by atoms with Crippen molar-refractivity contribution in [3.05, 3.63) is 70.8 Å². The third-order valence-electron chi connectivity index (χ3n) is 3.93. The summed E-state index contributed by atoms with van der Waals surface area (Å²) in [6.45, 7) is 8.80. The molecule has 0 N–H and O–H groups in total. The minimum atomic E-state index is 0.542. The van der Waals surface area contributed by atoms with Crippen LogP contribution in [0.1, 0.15) is 61.8 Å². The molecule has 0 unspecified atom stereocenters. The lowest BCUT2D eigenvalue weighted by Crippen LogP contribution is -1.89. The first-order valence-electron chi connectivity index (χ1n) is 7.73. The predicted molar refractivity (Wildman–Crippen MR) is 106 cm³/mol. The van der Waals surface area contributed by atoms with Crippen molar-refractivity contribution in [3.8, 4) is 0 Å². The van der Waals surface area contributed by atoms with Crippen LogP contribution in [-0.4, -0.2) is 0 Å². The van der Waals surface area contributed by atoms with Gasteiger partial charge < -0.3 is 0 Å². The van der Waals surface area contributed by atoms with Crippen molar-refractivity contribution < 1.29 is 0 Å². The first-order chi connectivity index (χ1) is 10.4. The average Bonchev–Trinajstić information content (AvgIpc) is 2.53. The van der Waals surface area contributed by atoms with Gasteiger partial charge in [0.05, 0.1) is 0 Å². The van der Waals surface area contributed by atoms with Gasteiger partial charge in [-0.25, -0.2) is 0 Å². The molecule has 116 valence electrons. The van der Waals surface area contributed by atoms with Crippen molar-refractivity contribution in [1.29, 1.82) is 0 Å². The molecule has 2 rings (SSSR count). The van der Waals surface area contributed by atoms with E-state index in [1.54, 1.807) is 0 Å². The van der Waals surface area contributed by atoms with Gasteiger partial charge in [-0.05, 0) is 34.1 Å². The minimum absolute atomic E-state index is 0.542. The van der Waals surface area contributed by atoms with E-state index in [9.17, 15) is 0 Å². The molecule has 0 saturated heterocycles. The molecule has 22 heavy (non-hydrogen) atoms. The Balaban J connectivity index is 2.31. The highest BCUT2D eigenvalue weighted by molar-refractivity contribution is 7.96. The van der Waals surface area contributed by atoms with E-state index in [4.69, 9.17) is 0 Å². The molecule has 0 nitrogen and oxygen atoms in total. The van der Waals surface area contributed by atoms with Crippen LogP contribution in [0.4, 0.5) is 0 Å². The zero-order valence-corrected chi connectivity index (χ0v) is 15.5. The minimum Gasteiger partial charge on any atom is -0.142 e. The van der Waals surface area contributed by atoms with Crippen LogP contribution in [0.15, 0.2) is 48.5 Å². The lowest BCUT2D eigenvalue weighted by molar-refractivity contribution is 0.866. The van der Waals surface area contributed by atoms with Gasteiger partial charge in [0.15, 0.2) is 0 Å². The van der Waals surface area contributed by atoms with E-state index in [0.717, 1.165) is 20.9 Å². The largest absolute Gasteiger partial charge is 0.142 e. The normalized spacial score (nSPS) is 12.7. The van der Waals surface area contributed by atoms with Gasteiger partial charge in [0.25, 0.3) is 0 Å². The number of hydrogen-bond acceptors (Lipinski definition) is 2. The Morgan fingerprint density at radius 1 is 0.591 bits per heavy atom. The Hall–Kier alpha value is -1.12. The molecule has 0 heterocycles. The summed E-state index contributed by atoms with van der Waals surface area (Å²) >= 11 is 9.36. The molecule has 0 saturated carbocycles. The topological polar surface area (TPSA) is 0 Å². The summed E-state index contributed by atoms with van der Waals surface area (Å²) in [7, 11) is 0. The summed E-state index contributed by atoms with van der Waals surface area (Å²) in [4.78, 5) is 1.83. The van der Waals surface area contributed by atoms with Gasteiger partial charge in [-0.3, -0.25) is 0 Å².